The van der Waals surface area contributed by atoms with Crippen molar-refractivity contribution in [2.24, 2.45) is 0 Å². The molecule has 2 N–H and O–H groups in total. The summed E-state index contributed by atoms with van der Waals surface area (Å²) in [6, 6.07) is 0. The van der Waals surface area contributed by atoms with Gasteiger partial charge in [-0.1, -0.05) is 6.58 Å². The van der Waals surface area contributed by atoms with Crippen molar-refractivity contribution in [1.29, 1.82) is 0 Å². The van der Waals surface area contributed by atoms with Crippen LogP contribution in [-0.2, 0) is 19.4 Å². The lowest BCUT2D eigenvalue weighted by Gasteiger charge is -2.11. The molecule has 0 aliphatic carbocycles. The van der Waals surface area contributed by atoms with Crippen molar-refractivity contribution >= 4 is 16.3 Å². The molecule has 0 saturated carbocycles. The number of hydrogen-bond donors (Lipinski definition) is 2. The normalized spacial score (nSPS) is 11.3. The standard InChI is InChI=1S/C5H10N2O5S/c1-4(5(8)9)6-12-13(10,11)7(2)3/h6H,1H2,2-3H3,(H,8,9). The zero-order valence-electron chi connectivity index (χ0n) is 7.14. The molecule has 13 heavy (non-hydrogen) atoms. The van der Waals surface area contributed by atoms with E-state index in [0.717, 1.165) is 4.31 Å². The first kappa shape index (κ1) is 11.9. The number of nitrogens with zero attached hydrogens (tertiary/aromatic N) is 1. The summed E-state index contributed by atoms with van der Waals surface area (Å²) in [5.74, 6) is -1.39. The Morgan fingerprint density at radius 3 is 2.31 bits per heavy atom. The van der Waals surface area contributed by atoms with Crippen LogP contribution in [0.4, 0.5) is 0 Å². The Kier molecular flexibility index (Phi) is 3.85. The summed E-state index contributed by atoms with van der Waals surface area (Å²) in [7, 11) is -1.46. The molecule has 7 nitrogen and oxygen atoms in total. The highest BCUT2D eigenvalue weighted by Gasteiger charge is 2.16. The van der Waals surface area contributed by atoms with Gasteiger partial charge in [0, 0.05) is 14.1 Å². The summed E-state index contributed by atoms with van der Waals surface area (Å²) in [6.07, 6.45) is 0. The second-order valence-corrected chi connectivity index (χ2v) is 3.96. The Balaban J connectivity index is 4.20. The van der Waals surface area contributed by atoms with Gasteiger partial charge >= 0.3 is 16.3 Å². The van der Waals surface area contributed by atoms with Crippen LogP contribution in [0.2, 0.25) is 0 Å². The molecule has 0 amide bonds. The van der Waals surface area contributed by atoms with Crippen molar-refractivity contribution in [3.8, 4) is 0 Å². The zero-order valence-corrected chi connectivity index (χ0v) is 7.96. The number of carboxylic acids is 1. The Hall–Kier alpha value is -1.12. The van der Waals surface area contributed by atoms with Crippen LogP contribution in [-0.4, -0.2) is 37.9 Å². The number of aliphatic carboxylic acids is 1. The third-order valence-corrected chi connectivity index (χ3v) is 2.16. The van der Waals surface area contributed by atoms with Crippen LogP contribution in [0, 0.1) is 0 Å². The van der Waals surface area contributed by atoms with Gasteiger partial charge in [0.15, 0.2) is 0 Å². The Morgan fingerprint density at radius 2 is 2.00 bits per heavy atom. The molecular weight excluding hydrogens is 200 g/mol. The lowest BCUT2D eigenvalue weighted by Crippen LogP contribution is -2.31. The van der Waals surface area contributed by atoms with Crippen LogP contribution < -0.4 is 5.48 Å². The summed E-state index contributed by atoms with van der Waals surface area (Å²) in [4.78, 5) is 10.1. The summed E-state index contributed by atoms with van der Waals surface area (Å²) in [5, 5.41) is 8.27. The zero-order chi connectivity index (χ0) is 10.6. The van der Waals surface area contributed by atoms with Gasteiger partial charge < -0.3 is 5.11 Å². The molecule has 0 bridgehead atoms. The van der Waals surface area contributed by atoms with Crippen LogP contribution in [0.25, 0.3) is 0 Å². The molecule has 0 aromatic rings. The molecule has 0 unspecified atom stereocenters. The molecule has 0 fully saturated rings. The van der Waals surface area contributed by atoms with Crippen LogP contribution in [0.1, 0.15) is 0 Å². The summed E-state index contributed by atoms with van der Waals surface area (Å²) in [5.41, 5.74) is 1.12. The third-order valence-electron chi connectivity index (χ3n) is 0.976. The fraction of sp³-hybridized carbons (Fsp3) is 0.400. The molecule has 0 saturated heterocycles. The average Bonchev–Trinajstić information content (AvgIpc) is 1.99. The molecule has 0 heterocycles. The van der Waals surface area contributed by atoms with Gasteiger partial charge in [-0.2, -0.15) is 12.7 Å². The maximum absolute atomic E-state index is 10.9. The van der Waals surface area contributed by atoms with Gasteiger partial charge in [-0.3, -0.25) is 0 Å². The lowest BCUT2D eigenvalue weighted by atomic mass is 10.5. The molecule has 0 aliphatic rings. The van der Waals surface area contributed by atoms with Crippen molar-refractivity contribution < 1.29 is 22.6 Å². The molecule has 0 aliphatic heterocycles. The van der Waals surface area contributed by atoms with Crippen LogP contribution >= 0.6 is 0 Å². The molecule has 0 spiro atoms. The number of rotatable bonds is 5. The molecule has 0 radical (unpaired) electrons. The number of hydroxylamine groups is 1. The highest BCUT2D eigenvalue weighted by atomic mass is 32.2. The van der Waals surface area contributed by atoms with E-state index in [1.807, 2.05) is 0 Å². The first-order valence-corrected chi connectivity index (χ1v) is 4.43. The minimum Gasteiger partial charge on any atom is -0.477 e. The maximum atomic E-state index is 10.9. The van der Waals surface area contributed by atoms with Crippen molar-refractivity contribution in [2.75, 3.05) is 14.1 Å². The fourth-order valence-electron chi connectivity index (χ4n) is 0.221. The van der Waals surface area contributed by atoms with Gasteiger partial charge in [-0.25, -0.2) is 10.3 Å². The van der Waals surface area contributed by atoms with E-state index in [9.17, 15) is 13.2 Å². The second kappa shape index (κ2) is 4.21. The highest BCUT2D eigenvalue weighted by Crippen LogP contribution is 1.95. The van der Waals surface area contributed by atoms with E-state index >= 15 is 0 Å². The molecular formula is C5H10N2O5S. The van der Waals surface area contributed by atoms with Crippen molar-refractivity contribution in [2.45, 2.75) is 0 Å². The largest absolute Gasteiger partial charge is 0.477 e. The van der Waals surface area contributed by atoms with Gasteiger partial charge in [0.05, 0.1) is 0 Å². The maximum Gasteiger partial charge on any atom is 0.358 e. The minimum absolute atomic E-state index is 0.564. The molecule has 0 aromatic heterocycles. The minimum atomic E-state index is -3.93. The number of carboxylic acid groups (broad SMARTS) is 1. The second-order valence-electron chi connectivity index (χ2n) is 2.21. The number of nitrogens with one attached hydrogen (secondary N) is 1. The van der Waals surface area contributed by atoms with Gasteiger partial charge in [0.2, 0.25) is 0 Å². The van der Waals surface area contributed by atoms with Crippen LogP contribution in [0.3, 0.4) is 0 Å². The van der Waals surface area contributed by atoms with Crippen molar-refractivity contribution in [3.05, 3.63) is 12.3 Å². The van der Waals surface area contributed by atoms with E-state index in [-0.39, 0.29) is 0 Å². The first-order valence-electron chi connectivity index (χ1n) is 3.06. The predicted molar refractivity (Wildman–Crippen MR) is 43.6 cm³/mol. The van der Waals surface area contributed by atoms with Gasteiger partial charge in [-0.05, 0) is 0 Å². The van der Waals surface area contributed by atoms with Gasteiger partial charge in [-0.15, -0.1) is 4.28 Å². The van der Waals surface area contributed by atoms with Crippen LogP contribution in [0.15, 0.2) is 12.3 Å². The molecule has 0 aromatic carbocycles. The molecule has 76 valence electrons. The van der Waals surface area contributed by atoms with E-state index in [0.29, 0.717) is 0 Å². The molecule has 0 rings (SSSR count). The monoisotopic (exact) mass is 210 g/mol. The highest BCUT2D eigenvalue weighted by molar-refractivity contribution is 7.84. The lowest BCUT2D eigenvalue weighted by molar-refractivity contribution is -0.133. The predicted octanol–water partition coefficient (Wildman–Crippen LogP) is -1.09. The molecule has 0 atom stereocenters. The summed E-state index contributed by atoms with van der Waals surface area (Å²) >= 11 is 0. The first-order chi connectivity index (χ1) is 5.77. The smallest absolute Gasteiger partial charge is 0.358 e. The molecule has 8 heteroatoms. The van der Waals surface area contributed by atoms with Gasteiger partial charge in [0.1, 0.15) is 5.70 Å². The quantitative estimate of drug-likeness (QED) is 0.442. The topological polar surface area (TPSA) is 95.9 Å². The average molecular weight is 210 g/mol. The van der Waals surface area contributed by atoms with E-state index in [1.165, 1.54) is 14.1 Å². The Bertz CT molecular complexity index is 307. The van der Waals surface area contributed by atoms with E-state index in [2.05, 4.69) is 10.9 Å². The third kappa shape index (κ3) is 3.87. The SMILES string of the molecule is C=C(NOS(=O)(=O)N(C)C)C(=O)O. The van der Waals surface area contributed by atoms with Crippen molar-refractivity contribution in [3.63, 3.8) is 0 Å². The Morgan fingerprint density at radius 1 is 1.54 bits per heavy atom. The number of carbonyl (C=O) groups is 1. The van der Waals surface area contributed by atoms with E-state index in [4.69, 9.17) is 5.11 Å². The fourth-order valence-corrected chi connectivity index (χ4v) is 0.576. The van der Waals surface area contributed by atoms with Crippen molar-refractivity contribution in [1.82, 2.24) is 9.79 Å². The summed E-state index contributed by atoms with van der Waals surface area (Å²) in [6.45, 7) is 3.00. The van der Waals surface area contributed by atoms with Crippen LogP contribution in [0.5, 0.6) is 0 Å². The summed E-state index contributed by atoms with van der Waals surface area (Å²) < 4.78 is 26.6. The van der Waals surface area contributed by atoms with Gasteiger partial charge in [0.25, 0.3) is 0 Å². The Labute approximate surface area is 75.8 Å². The van der Waals surface area contributed by atoms with E-state index < -0.39 is 22.0 Å². The van der Waals surface area contributed by atoms with E-state index in [1.54, 1.807) is 5.48 Å². The number of hydrogen-bond acceptors (Lipinski definition) is 5.